The van der Waals surface area contributed by atoms with E-state index in [-0.39, 0.29) is 11.5 Å². The van der Waals surface area contributed by atoms with Gasteiger partial charge >= 0.3 is 0 Å². The maximum Gasteiger partial charge on any atom is 0.0857 e. The summed E-state index contributed by atoms with van der Waals surface area (Å²) in [5.41, 5.74) is 2.40. The molecule has 20 heavy (non-hydrogen) atoms. The van der Waals surface area contributed by atoms with E-state index in [1.165, 1.54) is 22.0 Å². The third kappa shape index (κ3) is 3.61. The van der Waals surface area contributed by atoms with Crippen molar-refractivity contribution in [2.75, 3.05) is 6.54 Å². The average molecular weight is 290 g/mol. The molecule has 0 bridgehead atoms. The first-order valence-electron chi connectivity index (χ1n) is 6.97. The summed E-state index contributed by atoms with van der Waals surface area (Å²) in [5, 5.41) is 7.90. The normalized spacial score (nSPS) is 13.4. The molecule has 2 rings (SSSR count). The van der Waals surface area contributed by atoms with Crippen molar-refractivity contribution in [2.24, 2.45) is 0 Å². The van der Waals surface area contributed by atoms with Crippen molar-refractivity contribution in [2.45, 2.75) is 45.6 Å². The van der Waals surface area contributed by atoms with Crippen LogP contribution in [0.3, 0.4) is 0 Å². The van der Waals surface area contributed by atoms with Crippen LogP contribution in [0.2, 0.25) is 0 Å². The van der Waals surface area contributed by atoms with Crippen molar-refractivity contribution in [3.05, 3.63) is 40.7 Å². The first kappa shape index (κ1) is 15.1. The Labute approximate surface area is 124 Å². The molecule has 0 saturated carbocycles. The van der Waals surface area contributed by atoms with E-state index < -0.39 is 0 Å². The van der Waals surface area contributed by atoms with Crippen LogP contribution in [0.4, 0.5) is 0 Å². The summed E-state index contributed by atoms with van der Waals surface area (Å²) in [5.74, 6) is 0. The van der Waals surface area contributed by atoms with E-state index in [1.807, 2.05) is 12.4 Å². The van der Waals surface area contributed by atoms with E-state index in [0.717, 1.165) is 18.7 Å². The minimum absolute atomic E-state index is 0.0221. The molecule has 2 heterocycles. The highest BCUT2D eigenvalue weighted by atomic mass is 32.1. The van der Waals surface area contributed by atoms with Crippen molar-refractivity contribution in [1.29, 1.82) is 0 Å². The third-order valence-corrected chi connectivity index (χ3v) is 4.02. The number of hydrogen-bond acceptors (Lipinski definition) is 5. The number of pyridine rings is 1. The molecule has 2 aromatic rings. The molecular formula is C15H22N4S. The number of nitrogens with zero attached hydrogens (tertiary/aromatic N) is 3. The minimum Gasteiger partial charge on any atom is -0.309 e. The van der Waals surface area contributed by atoms with Crippen LogP contribution in [0, 0.1) is 0 Å². The Bertz CT molecular complexity index is 530. The first-order chi connectivity index (χ1) is 9.52. The van der Waals surface area contributed by atoms with Gasteiger partial charge in [-0.2, -0.15) is 0 Å². The van der Waals surface area contributed by atoms with Crippen LogP contribution < -0.4 is 5.32 Å². The van der Waals surface area contributed by atoms with Gasteiger partial charge in [0.1, 0.15) is 0 Å². The standard InChI is InChI=1S/C15H22N4S/c1-5-17-12(10-11-6-8-16-9-7-11)13-14(15(2,3)4)18-19-20-13/h6-9,12,17H,5,10H2,1-4H3. The van der Waals surface area contributed by atoms with Gasteiger partial charge in [0.05, 0.1) is 10.6 Å². The highest BCUT2D eigenvalue weighted by Gasteiger charge is 2.26. The second-order valence-corrected chi connectivity index (χ2v) is 6.69. The number of hydrogen-bond donors (Lipinski definition) is 1. The molecule has 0 aliphatic heterocycles. The Balaban J connectivity index is 2.27. The zero-order valence-electron chi connectivity index (χ0n) is 12.6. The highest BCUT2D eigenvalue weighted by Crippen LogP contribution is 2.31. The molecule has 0 aromatic carbocycles. The molecule has 0 radical (unpaired) electrons. The van der Waals surface area contributed by atoms with E-state index in [2.05, 4.69) is 59.7 Å². The molecule has 1 atom stereocenters. The summed E-state index contributed by atoms with van der Waals surface area (Å²) >= 11 is 1.50. The summed E-state index contributed by atoms with van der Waals surface area (Å²) in [4.78, 5) is 5.32. The molecule has 2 aromatic heterocycles. The van der Waals surface area contributed by atoms with E-state index in [1.54, 1.807) is 0 Å². The molecule has 4 nitrogen and oxygen atoms in total. The third-order valence-electron chi connectivity index (χ3n) is 3.18. The van der Waals surface area contributed by atoms with Gasteiger partial charge in [-0.1, -0.05) is 32.2 Å². The van der Waals surface area contributed by atoms with Crippen LogP contribution in [0.25, 0.3) is 0 Å². The summed E-state index contributed by atoms with van der Waals surface area (Å²) in [7, 11) is 0. The summed E-state index contributed by atoms with van der Waals surface area (Å²) in [6.07, 6.45) is 4.62. The molecule has 0 spiro atoms. The van der Waals surface area contributed by atoms with Crippen molar-refractivity contribution >= 4 is 11.5 Å². The van der Waals surface area contributed by atoms with Crippen LogP contribution in [-0.4, -0.2) is 21.1 Å². The Morgan fingerprint density at radius 2 is 1.95 bits per heavy atom. The SMILES string of the molecule is CCNC(Cc1ccncc1)c1snnc1C(C)(C)C. The van der Waals surface area contributed by atoms with Gasteiger partial charge in [-0.15, -0.1) is 5.10 Å². The Hall–Kier alpha value is -1.33. The topological polar surface area (TPSA) is 50.7 Å². The number of nitrogens with one attached hydrogen (secondary N) is 1. The van der Waals surface area contributed by atoms with Gasteiger partial charge in [0, 0.05) is 23.9 Å². The molecule has 0 saturated heterocycles. The molecular weight excluding hydrogens is 268 g/mol. The van der Waals surface area contributed by atoms with E-state index in [4.69, 9.17) is 0 Å². The number of rotatable bonds is 5. The smallest absolute Gasteiger partial charge is 0.0857 e. The minimum atomic E-state index is 0.0221. The highest BCUT2D eigenvalue weighted by molar-refractivity contribution is 7.05. The average Bonchev–Trinajstić information content (AvgIpc) is 2.88. The maximum atomic E-state index is 4.35. The fraction of sp³-hybridized carbons (Fsp3) is 0.533. The van der Waals surface area contributed by atoms with Crippen LogP contribution in [0.1, 0.15) is 49.9 Å². The van der Waals surface area contributed by atoms with Crippen LogP contribution in [0.5, 0.6) is 0 Å². The molecule has 0 aliphatic rings. The van der Waals surface area contributed by atoms with Gasteiger partial charge in [-0.25, -0.2) is 0 Å². The van der Waals surface area contributed by atoms with E-state index in [9.17, 15) is 0 Å². The Kier molecular flexibility index (Phi) is 4.83. The van der Waals surface area contributed by atoms with Crippen molar-refractivity contribution in [1.82, 2.24) is 19.9 Å². The van der Waals surface area contributed by atoms with Gasteiger partial charge in [-0.05, 0) is 42.2 Å². The zero-order chi connectivity index (χ0) is 14.6. The molecule has 1 N–H and O–H groups in total. The lowest BCUT2D eigenvalue weighted by atomic mass is 9.89. The lowest BCUT2D eigenvalue weighted by molar-refractivity contribution is 0.514. The molecule has 1 unspecified atom stereocenters. The first-order valence-corrected chi connectivity index (χ1v) is 7.74. The van der Waals surface area contributed by atoms with Gasteiger partial charge < -0.3 is 5.32 Å². The monoisotopic (exact) mass is 290 g/mol. The largest absolute Gasteiger partial charge is 0.309 e. The fourth-order valence-electron chi connectivity index (χ4n) is 2.20. The van der Waals surface area contributed by atoms with E-state index in [0.29, 0.717) is 0 Å². The molecule has 0 amide bonds. The summed E-state index contributed by atoms with van der Waals surface area (Å²) < 4.78 is 4.17. The fourth-order valence-corrected chi connectivity index (χ4v) is 3.14. The molecule has 5 heteroatoms. The summed E-state index contributed by atoms with van der Waals surface area (Å²) in [6, 6.07) is 4.39. The zero-order valence-corrected chi connectivity index (χ0v) is 13.4. The lowest BCUT2D eigenvalue weighted by Crippen LogP contribution is -2.25. The van der Waals surface area contributed by atoms with Gasteiger partial charge in [0.2, 0.25) is 0 Å². The Morgan fingerprint density at radius 1 is 1.25 bits per heavy atom. The van der Waals surface area contributed by atoms with Crippen molar-refractivity contribution in [3.63, 3.8) is 0 Å². The maximum absolute atomic E-state index is 4.35. The van der Waals surface area contributed by atoms with Crippen molar-refractivity contribution < 1.29 is 0 Å². The number of likely N-dealkylation sites (N-methyl/N-ethyl adjacent to an activating group) is 1. The lowest BCUT2D eigenvalue weighted by Gasteiger charge is -2.22. The van der Waals surface area contributed by atoms with Crippen LogP contribution in [-0.2, 0) is 11.8 Å². The second kappa shape index (κ2) is 6.41. The van der Waals surface area contributed by atoms with Crippen molar-refractivity contribution in [3.8, 4) is 0 Å². The molecule has 108 valence electrons. The van der Waals surface area contributed by atoms with E-state index >= 15 is 0 Å². The molecule has 0 aliphatic carbocycles. The van der Waals surface area contributed by atoms with Gasteiger partial charge in [0.25, 0.3) is 0 Å². The molecule has 0 fully saturated rings. The Morgan fingerprint density at radius 3 is 2.55 bits per heavy atom. The quantitative estimate of drug-likeness (QED) is 0.919. The second-order valence-electron chi connectivity index (χ2n) is 5.91. The van der Waals surface area contributed by atoms with Gasteiger partial charge in [-0.3, -0.25) is 4.98 Å². The van der Waals surface area contributed by atoms with Gasteiger partial charge in [0.15, 0.2) is 0 Å². The predicted molar refractivity (Wildman–Crippen MR) is 83.0 cm³/mol. The predicted octanol–water partition coefficient (Wildman–Crippen LogP) is 3.12. The van der Waals surface area contributed by atoms with Crippen LogP contribution >= 0.6 is 11.5 Å². The van der Waals surface area contributed by atoms with Crippen LogP contribution in [0.15, 0.2) is 24.5 Å². The number of aromatic nitrogens is 3. The summed E-state index contributed by atoms with van der Waals surface area (Å²) in [6.45, 7) is 9.61.